The zero-order valence-corrected chi connectivity index (χ0v) is 19.1. The van der Waals surface area contributed by atoms with Crippen LogP contribution < -0.4 is 10.6 Å². The highest BCUT2D eigenvalue weighted by molar-refractivity contribution is 14.0. The standard InChI is InChI=1S/C19H31N7O.HI/c1-3-11-26-12-8-15(9-13-26)22-19(20-4-2)21-10-7-17-23-18(25-24-17)16-6-5-14-27-16;/h5-6,14-15H,3-4,7-13H2,1-2H3,(H2,20,21,22)(H,23,24,25);1H. The molecule has 3 rings (SSSR count). The molecule has 0 spiro atoms. The minimum Gasteiger partial charge on any atom is -0.461 e. The minimum atomic E-state index is 0. The number of aromatic nitrogens is 3. The van der Waals surface area contributed by atoms with Gasteiger partial charge in [0.15, 0.2) is 11.7 Å². The summed E-state index contributed by atoms with van der Waals surface area (Å²) >= 11 is 0. The van der Waals surface area contributed by atoms with Crippen LogP contribution in [0.1, 0.15) is 38.9 Å². The molecule has 1 aliphatic rings. The quantitative estimate of drug-likeness (QED) is 0.293. The maximum absolute atomic E-state index is 5.32. The zero-order chi connectivity index (χ0) is 18.9. The van der Waals surface area contributed by atoms with Crippen LogP contribution >= 0.6 is 24.0 Å². The summed E-state index contributed by atoms with van der Waals surface area (Å²) in [6, 6.07) is 4.17. The summed E-state index contributed by atoms with van der Waals surface area (Å²) in [5.74, 6) is 2.96. The second-order valence-electron chi connectivity index (χ2n) is 6.85. The van der Waals surface area contributed by atoms with Crippen molar-refractivity contribution < 1.29 is 4.42 Å². The fraction of sp³-hybridized carbons (Fsp3) is 0.632. The van der Waals surface area contributed by atoms with Gasteiger partial charge in [-0.1, -0.05) is 6.92 Å². The van der Waals surface area contributed by atoms with E-state index in [0.29, 0.717) is 30.6 Å². The van der Waals surface area contributed by atoms with Crippen molar-refractivity contribution in [2.45, 2.75) is 45.6 Å². The van der Waals surface area contributed by atoms with Gasteiger partial charge in [-0.3, -0.25) is 10.1 Å². The lowest BCUT2D eigenvalue weighted by Crippen LogP contribution is -2.48. The number of H-pyrrole nitrogens is 1. The summed E-state index contributed by atoms with van der Waals surface area (Å²) in [5.41, 5.74) is 0. The normalized spacial score (nSPS) is 16.0. The highest BCUT2D eigenvalue weighted by Crippen LogP contribution is 2.14. The molecule has 0 radical (unpaired) electrons. The second-order valence-corrected chi connectivity index (χ2v) is 6.85. The smallest absolute Gasteiger partial charge is 0.216 e. The van der Waals surface area contributed by atoms with Gasteiger partial charge in [0.1, 0.15) is 5.82 Å². The number of hydrogen-bond acceptors (Lipinski definition) is 5. The van der Waals surface area contributed by atoms with E-state index in [2.05, 4.69) is 44.6 Å². The first-order valence-corrected chi connectivity index (χ1v) is 10.0. The van der Waals surface area contributed by atoms with Crippen LogP contribution in [0.3, 0.4) is 0 Å². The van der Waals surface area contributed by atoms with E-state index in [-0.39, 0.29) is 24.0 Å². The molecule has 3 heterocycles. The third-order valence-electron chi connectivity index (χ3n) is 4.70. The molecule has 2 aromatic heterocycles. The molecule has 1 aliphatic heterocycles. The number of halogens is 1. The van der Waals surface area contributed by atoms with Crippen molar-refractivity contribution in [3.8, 4) is 11.6 Å². The van der Waals surface area contributed by atoms with Crippen LogP contribution in [0.15, 0.2) is 27.8 Å². The van der Waals surface area contributed by atoms with Gasteiger partial charge in [0.05, 0.1) is 6.26 Å². The lowest BCUT2D eigenvalue weighted by Gasteiger charge is -2.32. The fourth-order valence-electron chi connectivity index (χ4n) is 3.33. The average Bonchev–Trinajstić information content (AvgIpc) is 3.35. The Labute approximate surface area is 184 Å². The van der Waals surface area contributed by atoms with E-state index in [0.717, 1.165) is 18.3 Å². The Morgan fingerprint density at radius 1 is 1.36 bits per heavy atom. The Kier molecular flexibility index (Phi) is 9.76. The number of furan rings is 1. The summed E-state index contributed by atoms with van der Waals surface area (Å²) in [4.78, 5) is 11.7. The predicted octanol–water partition coefficient (Wildman–Crippen LogP) is 2.65. The number of hydrogen-bond donors (Lipinski definition) is 3. The molecule has 0 amide bonds. The molecule has 0 aromatic carbocycles. The lowest BCUT2D eigenvalue weighted by molar-refractivity contribution is 0.206. The third kappa shape index (κ3) is 6.77. The van der Waals surface area contributed by atoms with Crippen molar-refractivity contribution in [1.82, 2.24) is 30.7 Å². The summed E-state index contributed by atoms with van der Waals surface area (Å²) < 4.78 is 5.32. The largest absolute Gasteiger partial charge is 0.461 e. The number of aromatic amines is 1. The Bertz CT molecular complexity index is 693. The zero-order valence-electron chi connectivity index (χ0n) is 16.8. The van der Waals surface area contributed by atoms with Crippen LogP contribution in [-0.2, 0) is 6.42 Å². The van der Waals surface area contributed by atoms with Gasteiger partial charge in [-0.25, -0.2) is 4.98 Å². The number of nitrogens with one attached hydrogen (secondary N) is 3. The lowest BCUT2D eigenvalue weighted by atomic mass is 10.1. The SMILES string of the molecule is CCCN1CCC(NC(=NCCc2nc(-c3ccco3)n[nH]2)NCC)CC1.I. The van der Waals surface area contributed by atoms with Crippen molar-refractivity contribution in [2.24, 2.45) is 4.99 Å². The first-order chi connectivity index (χ1) is 13.3. The molecular weight excluding hydrogens is 469 g/mol. The van der Waals surface area contributed by atoms with Crippen LogP contribution in [-0.4, -0.2) is 64.8 Å². The van der Waals surface area contributed by atoms with Gasteiger partial charge in [0.25, 0.3) is 0 Å². The maximum atomic E-state index is 5.32. The fourth-order valence-corrected chi connectivity index (χ4v) is 3.33. The van der Waals surface area contributed by atoms with Crippen LogP contribution in [0.4, 0.5) is 0 Å². The van der Waals surface area contributed by atoms with Crippen molar-refractivity contribution in [3.05, 3.63) is 24.2 Å². The molecule has 0 saturated carbocycles. The minimum absolute atomic E-state index is 0. The number of rotatable bonds is 8. The number of likely N-dealkylation sites (tertiary alicyclic amines) is 1. The molecule has 2 aromatic rings. The Balaban J connectivity index is 0.00000280. The topological polar surface area (TPSA) is 94.4 Å². The molecule has 1 saturated heterocycles. The number of nitrogens with zero attached hydrogens (tertiary/aromatic N) is 4. The summed E-state index contributed by atoms with van der Waals surface area (Å²) in [5, 5.41) is 14.1. The van der Waals surface area contributed by atoms with Gasteiger partial charge in [0, 0.05) is 38.6 Å². The van der Waals surface area contributed by atoms with Crippen LogP contribution in [0.2, 0.25) is 0 Å². The molecule has 0 atom stereocenters. The summed E-state index contributed by atoms with van der Waals surface area (Å²) in [6.45, 7) is 9.37. The molecule has 1 fully saturated rings. The van der Waals surface area contributed by atoms with E-state index < -0.39 is 0 Å². The molecule has 156 valence electrons. The number of aliphatic imine (C=N–C) groups is 1. The van der Waals surface area contributed by atoms with Crippen molar-refractivity contribution in [3.63, 3.8) is 0 Å². The van der Waals surface area contributed by atoms with E-state index in [1.807, 2.05) is 12.1 Å². The molecule has 0 unspecified atom stereocenters. The van der Waals surface area contributed by atoms with Gasteiger partial charge in [-0.2, -0.15) is 5.10 Å². The van der Waals surface area contributed by atoms with Crippen LogP contribution in [0, 0.1) is 0 Å². The molecule has 28 heavy (non-hydrogen) atoms. The highest BCUT2D eigenvalue weighted by Gasteiger charge is 2.19. The monoisotopic (exact) mass is 501 g/mol. The van der Waals surface area contributed by atoms with E-state index in [9.17, 15) is 0 Å². The number of piperidine rings is 1. The average molecular weight is 501 g/mol. The van der Waals surface area contributed by atoms with Gasteiger partial charge < -0.3 is 20.0 Å². The highest BCUT2D eigenvalue weighted by atomic mass is 127. The molecule has 3 N–H and O–H groups in total. The summed E-state index contributed by atoms with van der Waals surface area (Å²) in [6.07, 6.45) is 5.89. The van der Waals surface area contributed by atoms with Crippen molar-refractivity contribution >= 4 is 29.9 Å². The molecule has 0 aliphatic carbocycles. The Hall–Kier alpha value is -1.62. The Morgan fingerprint density at radius 2 is 2.18 bits per heavy atom. The molecular formula is C19H32IN7O. The van der Waals surface area contributed by atoms with Crippen molar-refractivity contribution in [2.75, 3.05) is 32.7 Å². The van der Waals surface area contributed by atoms with Gasteiger partial charge >= 0.3 is 0 Å². The second kappa shape index (κ2) is 12.1. The van der Waals surface area contributed by atoms with Crippen molar-refractivity contribution in [1.29, 1.82) is 0 Å². The molecule has 8 nitrogen and oxygen atoms in total. The molecule has 0 bridgehead atoms. The third-order valence-corrected chi connectivity index (χ3v) is 4.70. The predicted molar refractivity (Wildman–Crippen MR) is 122 cm³/mol. The summed E-state index contributed by atoms with van der Waals surface area (Å²) in [7, 11) is 0. The van der Waals surface area contributed by atoms with Gasteiger partial charge in [-0.05, 0) is 44.9 Å². The Morgan fingerprint density at radius 3 is 2.86 bits per heavy atom. The van der Waals surface area contributed by atoms with Gasteiger partial charge in [-0.15, -0.1) is 24.0 Å². The first-order valence-electron chi connectivity index (χ1n) is 10.0. The van der Waals surface area contributed by atoms with Crippen LogP contribution in [0.5, 0.6) is 0 Å². The van der Waals surface area contributed by atoms with E-state index in [1.54, 1.807) is 6.26 Å². The molecule has 9 heteroatoms. The van der Waals surface area contributed by atoms with E-state index >= 15 is 0 Å². The first kappa shape index (κ1) is 22.7. The number of guanidine groups is 1. The van der Waals surface area contributed by atoms with E-state index in [4.69, 9.17) is 9.41 Å². The van der Waals surface area contributed by atoms with Crippen LogP contribution in [0.25, 0.3) is 11.6 Å². The van der Waals surface area contributed by atoms with E-state index in [1.165, 1.54) is 38.9 Å². The maximum Gasteiger partial charge on any atom is 0.216 e. The van der Waals surface area contributed by atoms with Gasteiger partial charge in [0.2, 0.25) is 5.82 Å².